The summed E-state index contributed by atoms with van der Waals surface area (Å²) in [6.07, 6.45) is 0. The van der Waals surface area contributed by atoms with Crippen molar-refractivity contribution < 1.29 is 13.9 Å². The van der Waals surface area contributed by atoms with Crippen molar-refractivity contribution in [3.8, 4) is 5.75 Å². The Morgan fingerprint density at radius 1 is 1.05 bits per heavy atom. The van der Waals surface area contributed by atoms with E-state index in [1.54, 1.807) is 24.3 Å². The van der Waals surface area contributed by atoms with Crippen molar-refractivity contribution in [2.24, 2.45) is 0 Å². The summed E-state index contributed by atoms with van der Waals surface area (Å²) >= 11 is 0. The molecule has 0 saturated carbocycles. The highest BCUT2D eigenvalue weighted by Crippen LogP contribution is 2.12. The number of carbonyl (C=O) groups is 1. The fourth-order valence-corrected chi connectivity index (χ4v) is 2.11. The Morgan fingerprint density at radius 3 is 2.41 bits per heavy atom. The number of nitrogens with zero attached hydrogens (tertiary/aromatic N) is 1. The van der Waals surface area contributed by atoms with Gasteiger partial charge in [0.05, 0.1) is 12.5 Å². The van der Waals surface area contributed by atoms with Crippen LogP contribution in [0.4, 0.5) is 0 Å². The fourth-order valence-electron chi connectivity index (χ4n) is 2.11. The third-order valence-corrected chi connectivity index (χ3v) is 3.24. The van der Waals surface area contributed by atoms with Crippen LogP contribution >= 0.6 is 0 Å². The van der Waals surface area contributed by atoms with E-state index in [2.05, 4.69) is 0 Å². The predicted octanol–water partition coefficient (Wildman–Crippen LogP) is 1.65. The Morgan fingerprint density at radius 2 is 1.73 bits per heavy atom. The number of benzene rings is 2. The number of carbonyl (C=O) groups excluding carboxylic acids is 1. The Bertz CT molecular complexity index is 966. The Hall–Kier alpha value is -3.15. The largest absolute Gasteiger partial charge is 0.497 e. The van der Waals surface area contributed by atoms with Gasteiger partial charge in [0, 0.05) is 5.56 Å². The zero-order chi connectivity index (χ0) is 15.7. The molecule has 1 aromatic heterocycles. The van der Waals surface area contributed by atoms with E-state index >= 15 is 0 Å². The predicted molar refractivity (Wildman–Crippen MR) is 79.5 cm³/mol. The molecule has 0 fully saturated rings. The van der Waals surface area contributed by atoms with Gasteiger partial charge in [-0.05, 0) is 36.4 Å². The molecule has 0 aliphatic rings. The van der Waals surface area contributed by atoms with Gasteiger partial charge in [0.25, 0.3) is 11.5 Å². The van der Waals surface area contributed by atoms with E-state index in [1.807, 2.05) is 0 Å². The van der Waals surface area contributed by atoms with E-state index in [0.29, 0.717) is 10.3 Å². The molecule has 22 heavy (non-hydrogen) atoms. The molecule has 0 radical (unpaired) electrons. The van der Waals surface area contributed by atoms with Gasteiger partial charge >= 0.3 is 5.76 Å². The van der Waals surface area contributed by atoms with E-state index in [9.17, 15) is 14.4 Å². The zero-order valence-electron chi connectivity index (χ0n) is 11.6. The zero-order valence-corrected chi connectivity index (χ0v) is 11.6. The molecule has 3 rings (SSSR count). The van der Waals surface area contributed by atoms with Gasteiger partial charge in [-0.1, -0.05) is 12.1 Å². The lowest BCUT2D eigenvalue weighted by Gasteiger charge is -2.05. The Balaban J connectivity index is 2.18. The van der Waals surface area contributed by atoms with Gasteiger partial charge in [-0.3, -0.25) is 9.59 Å². The van der Waals surface area contributed by atoms with Gasteiger partial charge in [0.2, 0.25) is 0 Å². The highest BCUT2D eigenvalue weighted by atomic mass is 16.5. The van der Waals surface area contributed by atoms with Crippen LogP contribution < -0.4 is 16.1 Å². The third-order valence-electron chi connectivity index (χ3n) is 3.24. The number of rotatable bonds is 2. The van der Waals surface area contributed by atoms with Crippen LogP contribution in [0.25, 0.3) is 11.0 Å². The highest BCUT2D eigenvalue weighted by Gasteiger charge is 2.17. The molecule has 2 aromatic carbocycles. The van der Waals surface area contributed by atoms with E-state index in [4.69, 9.17) is 9.15 Å². The Kier molecular flexibility index (Phi) is 3.34. The van der Waals surface area contributed by atoms with E-state index in [0.717, 1.165) is 0 Å². The van der Waals surface area contributed by atoms with Crippen LogP contribution in [0.3, 0.4) is 0 Å². The molecule has 0 aliphatic heterocycles. The smallest absolute Gasteiger partial charge is 0.429 e. The second kappa shape index (κ2) is 5.33. The van der Waals surface area contributed by atoms with E-state index in [-0.39, 0.29) is 16.5 Å². The molecular weight excluding hydrogens is 286 g/mol. The molecule has 0 amide bonds. The van der Waals surface area contributed by atoms with Crippen LogP contribution in [0.2, 0.25) is 0 Å². The number of methoxy groups -OCH3 is 1. The molecule has 0 bridgehead atoms. The van der Waals surface area contributed by atoms with Crippen LogP contribution in [0.5, 0.6) is 5.75 Å². The van der Waals surface area contributed by atoms with Crippen LogP contribution in [-0.2, 0) is 0 Å². The lowest BCUT2D eigenvalue weighted by Crippen LogP contribution is -2.38. The van der Waals surface area contributed by atoms with Gasteiger partial charge in [0.15, 0.2) is 0 Å². The monoisotopic (exact) mass is 297 g/mol. The number of ether oxygens (including phenoxy) is 1. The molecular formula is C16H11NO5. The summed E-state index contributed by atoms with van der Waals surface area (Å²) in [5.74, 6) is -1.19. The molecule has 0 N–H and O–H groups in total. The summed E-state index contributed by atoms with van der Waals surface area (Å²) in [4.78, 5) is 36.7. The van der Waals surface area contributed by atoms with Crippen molar-refractivity contribution in [3.05, 3.63) is 75.0 Å². The molecule has 0 saturated heterocycles. The average Bonchev–Trinajstić information content (AvgIpc) is 2.55. The SMILES string of the molecule is COc1ccc(C(=O)n2c(=O)oc3ccccc3c2=O)cc1. The average molecular weight is 297 g/mol. The fraction of sp³-hybridized carbons (Fsp3) is 0.0625. The maximum atomic E-state index is 12.4. The van der Waals surface area contributed by atoms with E-state index in [1.165, 1.54) is 31.4 Å². The minimum Gasteiger partial charge on any atom is -0.497 e. The molecule has 0 spiro atoms. The quantitative estimate of drug-likeness (QED) is 0.718. The topological polar surface area (TPSA) is 78.5 Å². The number of hydrogen-bond acceptors (Lipinski definition) is 5. The maximum absolute atomic E-state index is 12.4. The van der Waals surface area contributed by atoms with Gasteiger partial charge < -0.3 is 9.15 Å². The molecule has 0 unspecified atom stereocenters. The summed E-state index contributed by atoms with van der Waals surface area (Å²) in [5, 5.41) is 0.170. The van der Waals surface area contributed by atoms with Crippen LogP contribution in [0.15, 0.2) is 62.5 Å². The minimum absolute atomic E-state index is 0.149. The van der Waals surface area contributed by atoms with Gasteiger partial charge in [-0.25, -0.2) is 4.79 Å². The van der Waals surface area contributed by atoms with Gasteiger partial charge in [-0.2, -0.15) is 4.57 Å². The lowest BCUT2D eigenvalue weighted by molar-refractivity contribution is 0.0943. The molecule has 0 atom stereocenters. The molecule has 0 aliphatic carbocycles. The van der Waals surface area contributed by atoms with Crippen molar-refractivity contribution in [1.82, 2.24) is 4.57 Å². The summed E-state index contributed by atoms with van der Waals surface area (Å²) in [7, 11) is 1.50. The first-order valence-corrected chi connectivity index (χ1v) is 6.45. The van der Waals surface area contributed by atoms with Crippen molar-refractivity contribution in [3.63, 3.8) is 0 Å². The third kappa shape index (κ3) is 2.20. The Labute approximate surface area is 124 Å². The molecule has 6 heteroatoms. The first-order chi connectivity index (χ1) is 10.6. The number of para-hydroxylation sites is 1. The standard InChI is InChI=1S/C16H11NO5/c1-21-11-8-6-10(7-9-11)14(18)17-15(19)12-4-2-3-5-13(12)22-16(17)20/h2-9H,1H3. The van der Waals surface area contributed by atoms with Crippen LogP contribution in [0.1, 0.15) is 10.4 Å². The summed E-state index contributed by atoms with van der Waals surface area (Å²) in [5.41, 5.74) is -0.366. The number of aromatic nitrogens is 1. The van der Waals surface area contributed by atoms with Crippen LogP contribution in [0, 0.1) is 0 Å². The molecule has 6 nitrogen and oxygen atoms in total. The minimum atomic E-state index is -1.01. The molecule has 110 valence electrons. The summed E-state index contributed by atoms with van der Waals surface area (Å²) in [6.45, 7) is 0. The second-order valence-corrected chi connectivity index (χ2v) is 4.54. The first kappa shape index (κ1) is 13.8. The highest BCUT2D eigenvalue weighted by molar-refractivity contribution is 5.96. The summed E-state index contributed by atoms with van der Waals surface area (Å²) in [6, 6.07) is 12.4. The number of hydrogen-bond donors (Lipinski definition) is 0. The first-order valence-electron chi connectivity index (χ1n) is 6.45. The van der Waals surface area contributed by atoms with Crippen molar-refractivity contribution in [2.45, 2.75) is 0 Å². The van der Waals surface area contributed by atoms with Crippen molar-refractivity contribution in [2.75, 3.05) is 7.11 Å². The normalized spacial score (nSPS) is 10.6. The van der Waals surface area contributed by atoms with Crippen molar-refractivity contribution >= 4 is 16.9 Å². The van der Waals surface area contributed by atoms with E-state index < -0.39 is 17.2 Å². The van der Waals surface area contributed by atoms with Gasteiger partial charge in [-0.15, -0.1) is 0 Å². The maximum Gasteiger partial charge on any atom is 0.429 e. The number of fused-ring (bicyclic) bond motifs is 1. The molecule has 1 heterocycles. The molecule has 3 aromatic rings. The van der Waals surface area contributed by atoms with Gasteiger partial charge in [0.1, 0.15) is 11.3 Å². The summed E-state index contributed by atoms with van der Waals surface area (Å²) < 4.78 is 10.5. The second-order valence-electron chi connectivity index (χ2n) is 4.54. The van der Waals surface area contributed by atoms with Crippen LogP contribution in [-0.4, -0.2) is 17.6 Å². The lowest BCUT2D eigenvalue weighted by atomic mass is 10.2. The van der Waals surface area contributed by atoms with Crippen molar-refractivity contribution in [1.29, 1.82) is 0 Å².